The summed E-state index contributed by atoms with van der Waals surface area (Å²) in [5.74, 6) is 0. The Morgan fingerprint density at radius 3 is 2.75 bits per heavy atom. The summed E-state index contributed by atoms with van der Waals surface area (Å²) in [6.07, 6.45) is 2.86. The van der Waals surface area contributed by atoms with Gasteiger partial charge >= 0.3 is 0 Å². The van der Waals surface area contributed by atoms with Crippen molar-refractivity contribution >= 4 is 23.2 Å². The van der Waals surface area contributed by atoms with Crippen LogP contribution < -0.4 is 5.32 Å². The minimum absolute atomic E-state index is 0.101. The quantitative estimate of drug-likeness (QED) is 0.883. The molecule has 1 aromatic carbocycles. The summed E-state index contributed by atoms with van der Waals surface area (Å²) in [6, 6.07) is 9.07. The monoisotopic (exact) mass is 310 g/mol. The van der Waals surface area contributed by atoms with Crippen molar-refractivity contribution in [1.82, 2.24) is 10.3 Å². The maximum Gasteiger partial charge on any atom is 0.0928 e. The molecule has 0 saturated heterocycles. The number of nitrogens with one attached hydrogen (secondary N) is 1. The van der Waals surface area contributed by atoms with E-state index in [4.69, 9.17) is 23.2 Å². The molecule has 0 fully saturated rings. The summed E-state index contributed by atoms with van der Waals surface area (Å²) >= 11 is 11.9. The van der Waals surface area contributed by atoms with Crippen LogP contribution in [0.3, 0.4) is 0 Å². The van der Waals surface area contributed by atoms with Crippen molar-refractivity contribution in [3.05, 3.63) is 63.9 Å². The Labute approximate surface area is 128 Å². The van der Waals surface area contributed by atoms with Gasteiger partial charge in [-0.25, -0.2) is 0 Å². The van der Waals surface area contributed by atoms with Gasteiger partial charge < -0.3 is 10.4 Å². The van der Waals surface area contributed by atoms with Gasteiger partial charge in [-0.15, -0.1) is 0 Å². The average Bonchev–Trinajstić information content (AvgIpc) is 2.45. The molecule has 0 bridgehead atoms. The maximum atomic E-state index is 10.2. The standard InChI is InChI=1S/C15H16Cl2N2O/c1-10(11-3-2-6-18-8-11)19-9-15(20)13-5-4-12(16)7-14(13)17/h2-8,10,15,19-20H,9H2,1H3. The lowest BCUT2D eigenvalue weighted by atomic mass is 10.1. The van der Waals surface area contributed by atoms with Crippen LogP contribution in [0.25, 0.3) is 0 Å². The fraction of sp³-hybridized carbons (Fsp3) is 0.267. The molecular formula is C15H16Cl2N2O. The van der Waals surface area contributed by atoms with Gasteiger partial charge in [-0.1, -0.05) is 35.3 Å². The van der Waals surface area contributed by atoms with Crippen LogP contribution in [0.1, 0.15) is 30.2 Å². The lowest BCUT2D eigenvalue weighted by Gasteiger charge is -2.18. The van der Waals surface area contributed by atoms with Gasteiger partial charge in [0.25, 0.3) is 0 Å². The molecule has 2 rings (SSSR count). The molecule has 1 aromatic heterocycles. The molecule has 1 heterocycles. The number of halogens is 2. The van der Waals surface area contributed by atoms with Gasteiger partial charge in [0, 0.05) is 40.6 Å². The Hall–Kier alpha value is -1.13. The second kappa shape index (κ2) is 7.04. The van der Waals surface area contributed by atoms with Crippen LogP contribution >= 0.6 is 23.2 Å². The fourth-order valence-electron chi connectivity index (χ4n) is 1.92. The van der Waals surface area contributed by atoms with Gasteiger partial charge in [-0.2, -0.15) is 0 Å². The summed E-state index contributed by atoms with van der Waals surface area (Å²) in [7, 11) is 0. The van der Waals surface area contributed by atoms with Crippen LogP contribution in [0.4, 0.5) is 0 Å². The largest absolute Gasteiger partial charge is 0.387 e. The average molecular weight is 311 g/mol. The zero-order valence-electron chi connectivity index (χ0n) is 11.1. The van der Waals surface area contributed by atoms with Crippen LogP contribution in [0.2, 0.25) is 10.0 Å². The van der Waals surface area contributed by atoms with Crippen LogP contribution in [0.15, 0.2) is 42.7 Å². The van der Waals surface area contributed by atoms with Crippen molar-refractivity contribution in [1.29, 1.82) is 0 Å². The number of nitrogens with zero attached hydrogens (tertiary/aromatic N) is 1. The molecule has 2 unspecified atom stereocenters. The highest BCUT2D eigenvalue weighted by Crippen LogP contribution is 2.26. The molecular weight excluding hydrogens is 295 g/mol. The van der Waals surface area contributed by atoms with E-state index in [2.05, 4.69) is 10.3 Å². The minimum atomic E-state index is -0.682. The van der Waals surface area contributed by atoms with Crippen molar-refractivity contribution in [3.8, 4) is 0 Å². The van der Waals surface area contributed by atoms with Crippen molar-refractivity contribution in [2.75, 3.05) is 6.54 Å². The molecule has 0 spiro atoms. The first-order valence-corrected chi connectivity index (χ1v) is 7.10. The molecule has 2 atom stereocenters. The number of hydrogen-bond donors (Lipinski definition) is 2. The van der Waals surface area contributed by atoms with Crippen molar-refractivity contribution in [2.45, 2.75) is 19.1 Å². The Morgan fingerprint density at radius 2 is 2.10 bits per heavy atom. The van der Waals surface area contributed by atoms with E-state index in [1.54, 1.807) is 30.6 Å². The Kier molecular flexibility index (Phi) is 5.38. The second-order valence-corrected chi connectivity index (χ2v) is 5.44. The Bertz CT molecular complexity index is 563. The summed E-state index contributed by atoms with van der Waals surface area (Å²) in [5.41, 5.74) is 1.74. The number of aromatic nitrogens is 1. The molecule has 2 aromatic rings. The third-order valence-corrected chi connectivity index (χ3v) is 3.69. The third kappa shape index (κ3) is 3.93. The van der Waals surface area contributed by atoms with Gasteiger partial charge in [0.05, 0.1) is 6.10 Å². The number of benzene rings is 1. The van der Waals surface area contributed by atoms with E-state index in [0.717, 1.165) is 5.56 Å². The summed E-state index contributed by atoms with van der Waals surface area (Å²) in [4.78, 5) is 4.08. The minimum Gasteiger partial charge on any atom is -0.387 e. The smallest absolute Gasteiger partial charge is 0.0928 e. The molecule has 0 aliphatic carbocycles. The van der Waals surface area contributed by atoms with Crippen molar-refractivity contribution in [2.24, 2.45) is 0 Å². The summed E-state index contributed by atoms with van der Waals surface area (Å²) < 4.78 is 0. The number of aliphatic hydroxyl groups excluding tert-OH is 1. The first kappa shape index (κ1) is 15.3. The van der Waals surface area contributed by atoms with Crippen LogP contribution in [0.5, 0.6) is 0 Å². The molecule has 20 heavy (non-hydrogen) atoms. The lowest BCUT2D eigenvalue weighted by molar-refractivity contribution is 0.171. The van der Waals surface area contributed by atoms with E-state index in [-0.39, 0.29) is 6.04 Å². The summed E-state index contributed by atoms with van der Waals surface area (Å²) in [6.45, 7) is 2.42. The van der Waals surface area contributed by atoms with E-state index in [1.807, 2.05) is 19.1 Å². The van der Waals surface area contributed by atoms with E-state index in [9.17, 15) is 5.11 Å². The van der Waals surface area contributed by atoms with Crippen molar-refractivity contribution < 1.29 is 5.11 Å². The number of aliphatic hydroxyl groups is 1. The highest BCUT2D eigenvalue weighted by molar-refractivity contribution is 6.35. The van der Waals surface area contributed by atoms with E-state index in [1.165, 1.54) is 0 Å². The molecule has 106 valence electrons. The predicted octanol–water partition coefficient (Wildman–Crippen LogP) is 3.77. The normalized spacial score (nSPS) is 14.0. The van der Waals surface area contributed by atoms with Crippen LogP contribution in [0, 0.1) is 0 Å². The topological polar surface area (TPSA) is 45.1 Å². The fourth-order valence-corrected chi connectivity index (χ4v) is 2.45. The summed E-state index contributed by atoms with van der Waals surface area (Å²) in [5, 5.41) is 14.5. The molecule has 0 aliphatic rings. The molecule has 3 nitrogen and oxygen atoms in total. The van der Waals surface area contributed by atoms with E-state index >= 15 is 0 Å². The zero-order chi connectivity index (χ0) is 14.5. The van der Waals surface area contributed by atoms with Gasteiger partial charge in [0.1, 0.15) is 0 Å². The SMILES string of the molecule is CC(NCC(O)c1ccc(Cl)cc1Cl)c1cccnc1. The molecule has 0 radical (unpaired) electrons. The van der Waals surface area contributed by atoms with E-state index in [0.29, 0.717) is 22.2 Å². The van der Waals surface area contributed by atoms with E-state index < -0.39 is 6.10 Å². The molecule has 0 amide bonds. The molecule has 5 heteroatoms. The highest BCUT2D eigenvalue weighted by atomic mass is 35.5. The second-order valence-electron chi connectivity index (χ2n) is 4.60. The van der Waals surface area contributed by atoms with Gasteiger partial charge in [0.2, 0.25) is 0 Å². The number of rotatable bonds is 5. The van der Waals surface area contributed by atoms with Crippen LogP contribution in [-0.2, 0) is 0 Å². The third-order valence-electron chi connectivity index (χ3n) is 3.12. The molecule has 0 aliphatic heterocycles. The molecule has 0 saturated carbocycles. The zero-order valence-corrected chi connectivity index (χ0v) is 12.6. The highest BCUT2D eigenvalue weighted by Gasteiger charge is 2.13. The first-order valence-electron chi connectivity index (χ1n) is 6.34. The van der Waals surface area contributed by atoms with Gasteiger partial charge in [0.15, 0.2) is 0 Å². The first-order chi connectivity index (χ1) is 9.58. The Balaban J connectivity index is 1.96. The van der Waals surface area contributed by atoms with Crippen LogP contribution in [-0.4, -0.2) is 16.6 Å². The molecule has 2 N–H and O–H groups in total. The number of hydrogen-bond acceptors (Lipinski definition) is 3. The predicted molar refractivity (Wildman–Crippen MR) is 82.1 cm³/mol. The van der Waals surface area contributed by atoms with Gasteiger partial charge in [-0.05, 0) is 30.7 Å². The van der Waals surface area contributed by atoms with Gasteiger partial charge in [-0.3, -0.25) is 4.98 Å². The Morgan fingerprint density at radius 1 is 1.30 bits per heavy atom. The van der Waals surface area contributed by atoms with Crippen molar-refractivity contribution in [3.63, 3.8) is 0 Å². The number of pyridine rings is 1. The maximum absolute atomic E-state index is 10.2. The lowest BCUT2D eigenvalue weighted by Crippen LogP contribution is -2.24.